The van der Waals surface area contributed by atoms with Crippen LogP contribution in [0.1, 0.15) is 38.5 Å². The number of hydrogen-bond donors (Lipinski definition) is 1. The van der Waals surface area contributed by atoms with Crippen LogP contribution in [0.15, 0.2) is 36.8 Å². The Labute approximate surface area is 137 Å². The number of amides is 1. The van der Waals surface area contributed by atoms with Crippen LogP contribution in [0.4, 0.5) is 0 Å². The van der Waals surface area contributed by atoms with E-state index < -0.39 is 0 Å². The topological polar surface area (TPSA) is 59.8 Å². The van der Waals surface area contributed by atoms with Crippen molar-refractivity contribution in [1.82, 2.24) is 20.1 Å². The number of carbonyl (C=O) groups is 1. The van der Waals surface area contributed by atoms with Gasteiger partial charge < -0.3 is 5.32 Å². The van der Waals surface area contributed by atoms with Gasteiger partial charge in [-0.05, 0) is 37.0 Å². The van der Waals surface area contributed by atoms with E-state index in [2.05, 4.69) is 15.4 Å². The molecule has 23 heavy (non-hydrogen) atoms. The predicted octanol–water partition coefficient (Wildman–Crippen LogP) is 3.03. The van der Waals surface area contributed by atoms with Gasteiger partial charge in [-0.25, -0.2) is 0 Å². The molecule has 1 amide bonds. The molecule has 1 aliphatic carbocycles. The summed E-state index contributed by atoms with van der Waals surface area (Å²) in [5.41, 5.74) is 1.99. The highest BCUT2D eigenvalue weighted by molar-refractivity contribution is 5.76. The largest absolute Gasteiger partial charge is 0.354 e. The van der Waals surface area contributed by atoms with E-state index in [9.17, 15) is 4.79 Å². The first-order chi connectivity index (χ1) is 11.3. The highest BCUT2D eigenvalue weighted by atomic mass is 16.1. The van der Waals surface area contributed by atoms with Gasteiger partial charge >= 0.3 is 0 Å². The van der Waals surface area contributed by atoms with Gasteiger partial charge in [0.25, 0.3) is 0 Å². The third-order valence-electron chi connectivity index (χ3n) is 4.48. The van der Waals surface area contributed by atoms with E-state index in [1.54, 1.807) is 12.4 Å². The van der Waals surface area contributed by atoms with Gasteiger partial charge in [0.15, 0.2) is 0 Å². The van der Waals surface area contributed by atoms with E-state index in [4.69, 9.17) is 0 Å². The van der Waals surface area contributed by atoms with Crippen molar-refractivity contribution in [3.63, 3.8) is 0 Å². The van der Waals surface area contributed by atoms with Crippen molar-refractivity contribution in [2.24, 2.45) is 5.92 Å². The van der Waals surface area contributed by atoms with Crippen molar-refractivity contribution in [3.8, 4) is 11.3 Å². The molecule has 1 aliphatic rings. The van der Waals surface area contributed by atoms with E-state index in [1.165, 1.54) is 32.1 Å². The molecule has 122 valence electrons. The first-order valence-electron chi connectivity index (χ1n) is 8.52. The summed E-state index contributed by atoms with van der Waals surface area (Å²) in [6.07, 6.45) is 12.5. The first kappa shape index (κ1) is 15.7. The summed E-state index contributed by atoms with van der Waals surface area (Å²) in [4.78, 5) is 16.0. The fourth-order valence-corrected chi connectivity index (χ4v) is 3.20. The molecule has 0 spiro atoms. The van der Waals surface area contributed by atoms with Gasteiger partial charge in [-0.15, -0.1) is 0 Å². The van der Waals surface area contributed by atoms with E-state index in [0.29, 0.717) is 25.4 Å². The summed E-state index contributed by atoms with van der Waals surface area (Å²) in [5.74, 6) is 0.769. The second-order valence-corrected chi connectivity index (χ2v) is 6.26. The second-order valence-electron chi connectivity index (χ2n) is 6.26. The Morgan fingerprint density at radius 3 is 2.74 bits per heavy atom. The molecular weight excluding hydrogens is 288 g/mol. The van der Waals surface area contributed by atoms with E-state index in [-0.39, 0.29) is 5.91 Å². The molecule has 1 fully saturated rings. The van der Waals surface area contributed by atoms with Crippen LogP contribution in [0.2, 0.25) is 0 Å². The highest BCUT2D eigenvalue weighted by Crippen LogP contribution is 2.26. The molecule has 0 aromatic carbocycles. The maximum atomic E-state index is 12.0. The minimum Gasteiger partial charge on any atom is -0.354 e. The molecule has 2 heterocycles. The molecule has 0 bridgehead atoms. The van der Waals surface area contributed by atoms with Crippen LogP contribution in [0.3, 0.4) is 0 Å². The summed E-state index contributed by atoms with van der Waals surface area (Å²) >= 11 is 0. The van der Waals surface area contributed by atoms with Crippen molar-refractivity contribution >= 4 is 5.91 Å². The van der Waals surface area contributed by atoms with Crippen LogP contribution in [0.5, 0.6) is 0 Å². The number of nitrogens with one attached hydrogen (secondary N) is 1. The molecule has 0 saturated heterocycles. The van der Waals surface area contributed by atoms with Gasteiger partial charge in [0.05, 0.1) is 12.2 Å². The summed E-state index contributed by atoms with van der Waals surface area (Å²) < 4.78 is 1.87. The molecule has 0 atom stereocenters. The zero-order valence-corrected chi connectivity index (χ0v) is 13.4. The van der Waals surface area contributed by atoms with Crippen LogP contribution < -0.4 is 5.32 Å². The maximum Gasteiger partial charge on any atom is 0.220 e. The average Bonchev–Trinajstić information content (AvgIpc) is 3.05. The molecule has 0 unspecified atom stereocenters. The third kappa shape index (κ3) is 4.65. The van der Waals surface area contributed by atoms with E-state index in [0.717, 1.165) is 11.3 Å². The fraction of sp³-hybridized carbons (Fsp3) is 0.500. The second kappa shape index (κ2) is 7.90. The summed E-state index contributed by atoms with van der Waals surface area (Å²) in [5, 5.41) is 7.55. The van der Waals surface area contributed by atoms with Gasteiger partial charge in [-0.3, -0.25) is 14.5 Å². The zero-order chi connectivity index (χ0) is 15.9. The smallest absolute Gasteiger partial charge is 0.220 e. The Morgan fingerprint density at radius 1 is 1.17 bits per heavy atom. The lowest BCUT2D eigenvalue weighted by atomic mass is 9.87. The Morgan fingerprint density at radius 2 is 1.96 bits per heavy atom. The quantitative estimate of drug-likeness (QED) is 0.892. The van der Waals surface area contributed by atoms with Gasteiger partial charge in [-0.2, -0.15) is 5.10 Å². The lowest BCUT2D eigenvalue weighted by molar-refractivity contribution is -0.122. The SMILES string of the molecule is O=C(CC1CCCCC1)NCCn1ccc(-c2ccncc2)n1. The third-order valence-corrected chi connectivity index (χ3v) is 4.48. The Hall–Kier alpha value is -2.17. The highest BCUT2D eigenvalue weighted by Gasteiger charge is 2.16. The number of carbonyl (C=O) groups excluding carboxylic acids is 1. The molecule has 0 radical (unpaired) electrons. The predicted molar refractivity (Wildman–Crippen MR) is 89.7 cm³/mol. The normalized spacial score (nSPS) is 15.5. The maximum absolute atomic E-state index is 12.0. The van der Waals surface area contributed by atoms with E-state index in [1.807, 2.05) is 29.1 Å². The number of rotatable bonds is 6. The van der Waals surface area contributed by atoms with Crippen LogP contribution in [0, 0.1) is 5.92 Å². The molecule has 5 heteroatoms. The van der Waals surface area contributed by atoms with Gasteiger partial charge in [0.1, 0.15) is 0 Å². The minimum atomic E-state index is 0.179. The average molecular weight is 312 g/mol. The Kier molecular flexibility index (Phi) is 5.40. The Balaban J connectivity index is 1.42. The Bertz CT molecular complexity index is 617. The zero-order valence-electron chi connectivity index (χ0n) is 13.4. The number of hydrogen-bond acceptors (Lipinski definition) is 3. The first-order valence-corrected chi connectivity index (χ1v) is 8.52. The van der Waals surface area contributed by atoms with Crippen LogP contribution in [0.25, 0.3) is 11.3 Å². The molecule has 5 nitrogen and oxygen atoms in total. The lowest BCUT2D eigenvalue weighted by Crippen LogP contribution is -2.29. The summed E-state index contributed by atoms with van der Waals surface area (Å²) in [7, 11) is 0. The van der Waals surface area contributed by atoms with Crippen molar-refractivity contribution < 1.29 is 4.79 Å². The number of aromatic nitrogens is 3. The fourth-order valence-electron chi connectivity index (χ4n) is 3.20. The van der Waals surface area contributed by atoms with Crippen molar-refractivity contribution in [1.29, 1.82) is 0 Å². The van der Waals surface area contributed by atoms with Gasteiger partial charge in [0, 0.05) is 37.1 Å². The monoisotopic (exact) mass is 312 g/mol. The number of pyridine rings is 1. The van der Waals surface area contributed by atoms with E-state index >= 15 is 0 Å². The van der Waals surface area contributed by atoms with Gasteiger partial charge in [0.2, 0.25) is 5.91 Å². The molecular formula is C18H24N4O. The van der Waals surface area contributed by atoms with Crippen LogP contribution in [-0.4, -0.2) is 27.2 Å². The van der Waals surface area contributed by atoms with Crippen LogP contribution in [-0.2, 0) is 11.3 Å². The summed E-state index contributed by atoms with van der Waals surface area (Å²) in [6.45, 7) is 1.32. The molecule has 2 aromatic heterocycles. The molecule has 0 aliphatic heterocycles. The summed E-state index contributed by atoms with van der Waals surface area (Å²) in [6, 6.07) is 5.87. The number of nitrogens with zero attached hydrogens (tertiary/aromatic N) is 3. The molecule has 1 N–H and O–H groups in total. The molecule has 2 aromatic rings. The van der Waals surface area contributed by atoms with Gasteiger partial charge in [-0.1, -0.05) is 19.3 Å². The van der Waals surface area contributed by atoms with Crippen LogP contribution >= 0.6 is 0 Å². The lowest BCUT2D eigenvalue weighted by Gasteiger charge is -2.20. The standard InChI is InChI=1S/C18H24N4O/c23-18(14-15-4-2-1-3-5-15)20-11-13-22-12-8-17(21-22)16-6-9-19-10-7-16/h6-10,12,15H,1-5,11,13-14H2,(H,20,23). The van der Waals surface area contributed by atoms with Crippen molar-refractivity contribution in [2.75, 3.05) is 6.54 Å². The van der Waals surface area contributed by atoms with Crippen molar-refractivity contribution in [3.05, 3.63) is 36.8 Å². The molecule has 1 saturated carbocycles. The minimum absolute atomic E-state index is 0.179. The molecule has 3 rings (SSSR count). The van der Waals surface area contributed by atoms with Crippen molar-refractivity contribution in [2.45, 2.75) is 45.1 Å².